The molecular weight excluding hydrogens is 274 g/mol. The van der Waals surface area contributed by atoms with E-state index in [1.807, 2.05) is 30.3 Å². The lowest BCUT2D eigenvalue weighted by molar-refractivity contribution is -0.118. The van der Waals surface area contributed by atoms with E-state index >= 15 is 0 Å². The summed E-state index contributed by atoms with van der Waals surface area (Å²) in [5.74, 6) is 0.0965. The summed E-state index contributed by atoms with van der Waals surface area (Å²) in [6.45, 7) is 1.91. The molecule has 0 aromatic heterocycles. The van der Waals surface area contributed by atoms with Gasteiger partial charge in [-0.1, -0.05) is 12.1 Å². The Hall–Kier alpha value is -2.09. The number of amides is 1. The van der Waals surface area contributed by atoms with Crippen molar-refractivity contribution in [1.82, 2.24) is 5.32 Å². The van der Waals surface area contributed by atoms with E-state index in [4.69, 9.17) is 5.26 Å². The van der Waals surface area contributed by atoms with Gasteiger partial charge in [0.1, 0.15) is 0 Å². The molecule has 5 heteroatoms. The highest BCUT2D eigenvalue weighted by Gasteiger charge is 2.19. The zero-order chi connectivity index (χ0) is 13.2. The van der Waals surface area contributed by atoms with Crippen LogP contribution in [0.5, 0.6) is 0 Å². The molecular formula is C15H14ClN3O. The zero-order valence-electron chi connectivity index (χ0n) is 10.8. The summed E-state index contributed by atoms with van der Waals surface area (Å²) in [6.07, 6.45) is 0. The monoisotopic (exact) mass is 287 g/mol. The summed E-state index contributed by atoms with van der Waals surface area (Å²) in [5.41, 5.74) is 1.57. The van der Waals surface area contributed by atoms with Gasteiger partial charge < -0.3 is 10.2 Å². The van der Waals surface area contributed by atoms with Crippen LogP contribution in [0.25, 0.3) is 10.8 Å². The van der Waals surface area contributed by atoms with Crippen LogP contribution in [0.15, 0.2) is 36.4 Å². The Labute approximate surface area is 123 Å². The Morgan fingerprint density at radius 1 is 1.15 bits per heavy atom. The van der Waals surface area contributed by atoms with Crippen LogP contribution in [0.2, 0.25) is 0 Å². The summed E-state index contributed by atoms with van der Waals surface area (Å²) in [7, 11) is 0. The van der Waals surface area contributed by atoms with Crippen molar-refractivity contribution in [3.63, 3.8) is 0 Å². The molecule has 3 rings (SSSR count). The molecule has 0 unspecified atom stereocenters. The van der Waals surface area contributed by atoms with Crippen molar-refractivity contribution >= 4 is 34.8 Å². The maximum Gasteiger partial charge on any atom is 0.240 e. The minimum Gasteiger partial charge on any atom is -0.310 e. The number of anilines is 1. The number of carbonyl (C=O) groups is 1. The molecule has 1 aliphatic rings. The molecule has 1 aliphatic heterocycles. The third-order valence-electron chi connectivity index (χ3n) is 3.35. The third kappa shape index (κ3) is 2.60. The molecule has 1 N–H and O–H groups in total. The first kappa shape index (κ1) is 14.3. The van der Waals surface area contributed by atoms with E-state index in [9.17, 15) is 4.79 Å². The topological polar surface area (TPSA) is 56.1 Å². The number of nitriles is 1. The van der Waals surface area contributed by atoms with Crippen LogP contribution in [0, 0.1) is 11.3 Å². The molecule has 1 saturated heterocycles. The lowest BCUT2D eigenvalue weighted by Crippen LogP contribution is -2.48. The zero-order valence-corrected chi connectivity index (χ0v) is 11.6. The van der Waals surface area contributed by atoms with Gasteiger partial charge in [0.2, 0.25) is 5.91 Å². The van der Waals surface area contributed by atoms with Gasteiger partial charge in [0.15, 0.2) is 0 Å². The summed E-state index contributed by atoms with van der Waals surface area (Å²) in [6, 6.07) is 13.6. The van der Waals surface area contributed by atoms with E-state index in [1.165, 1.54) is 0 Å². The van der Waals surface area contributed by atoms with Crippen molar-refractivity contribution in [2.24, 2.45) is 0 Å². The smallest absolute Gasteiger partial charge is 0.240 e. The first-order valence-corrected chi connectivity index (χ1v) is 6.23. The summed E-state index contributed by atoms with van der Waals surface area (Å²) in [5, 5.41) is 14.0. The SMILES string of the molecule is Cl.N#Cc1ccc2cc(N3CCNCC3=O)ccc2c1. The number of carbonyl (C=O) groups excluding carboxylic acids is 1. The molecule has 0 saturated carbocycles. The van der Waals surface area contributed by atoms with E-state index in [1.54, 1.807) is 11.0 Å². The number of hydrogen-bond donors (Lipinski definition) is 1. The van der Waals surface area contributed by atoms with Gasteiger partial charge in [-0.15, -0.1) is 12.4 Å². The highest BCUT2D eigenvalue weighted by atomic mass is 35.5. The van der Waals surface area contributed by atoms with Gasteiger partial charge in [-0.2, -0.15) is 5.26 Å². The maximum absolute atomic E-state index is 11.9. The lowest BCUT2D eigenvalue weighted by atomic mass is 10.1. The van der Waals surface area contributed by atoms with Crippen LogP contribution < -0.4 is 10.2 Å². The number of nitrogens with one attached hydrogen (secondary N) is 1. The second-order valence-electron chi connectivity index (χ2n) is 4.58. The molecule has 2 aromatic rings. The largest absolute Gasteiger partial charge is 0.310 e. The van der Waals surface area contributed by atoms with Crippen molar-refractivity contribution in [2.45, 2.75) is 0 Å². The summed E-state index contributed by atoms with van der Waals surface area (Å²) >= 11 is 0. The van der Waals surface area contributed by atoms with Gasteiger partial charge in [-0.05, 0) is 35.0 Å². The van der Waals surface area contributed by atoms with Gasteiger partial charge in [-0.25, -0.2) is 0 Å². The van der Waals surface area contributed by atoms with Crippen molar-refractivity contribution < 1.29 is 4.79 Å². The van der Waals surface area contributed by atoms with Crippen molar-refractivity contribution in [2.75, 3.05) is 24.5 Å². The van der Waals surface area contributed by atoms with Crippen LogP contribution in [0.4, 0.5) is 5.69 Å². The maximum atomic E-state index is 11.9. The number of hydrogen-bond acceptors (Lipinski definition) is 3. The van der Waals surface area contributed by atoms with Crippen molar-refractivity contribution in [3.05, 3.63) is 42.0 Å². The molecule has 20 heavy (non-hydrogen) atoms. The molecule has 0 radical (unpaired) electrons. The van der Waals surface area contributed by atoms with Crippen molar-refractivity contribution in [1.29, 1.82) is 5.26 Å². The molecule has 102 valence electrons. The van der Waals surface area contributed by atoms with Gasteiger partial charge in [0.05, 0.1) is 18.2 Å². The van der Waals surface area contributed by atoms with Crippen molar-refractivity contribution in [3.8, 4) is 6.07 Å². The van der Waals surface area contributed by atoms with E-state index in [0.717, 1.165) is 23.0 Å². The predicted molar refractivity (Wildman–Crippen MR) is 81.1 cm³/mol. The van der Waals surface area contributed by atoms with Crippen LogP contribution in [0.1, 0.15) is 5.56 Å². The predicted octanol–water partition coefficient (Wildman–Crippen LogP) is 2.07. The van der Waals surface area contributed by atoms with Gasteiger partial charge in [0, 0.05) is 18.8 Å². The van der Waals surface area contributed by atoms with E-state index in [0.29, 0.717) is 18.7 Å². The first-order valence-electron chi connectivity index (χ1n) is 6.23. The summed E-state index contributed by atoms with van der Waals surface area (Å²) < 4.78 is 0. The first-order chi connectivity index (χ1) is 9.28. The molecule has 0 aliphatic carbocycles. The third-order valence-corrected chi connectivity index (χ3v) is 3.35. The minimum absolute atomic E-state index is 0. The van der Waals surface area contributed by atoms with Gasteiger partial charge >= 0.3 is 0 Å². The van der Waals surface area contributed by atoms with Crippen LogP contribution in [-0.2, 0) is 4.79 Å². The molecule has 1 heterocycles. The molecule has 0 spiro atoms. The molecule has 4 nitrogen and oxygen atoms in total. The molecule has 1 fully saturated rings. The second kappa shape index (κ2) is 5.91. The number of halogens is 1. The summed E-state index contributed by atoms with van der Waals surface area (Å²) in [4.78, 5) is 13.7. The van der Waals surface area contributed by atoms with Gasteiger partial charge in [0.25, 0.3) is 0 Å². The highest BCUT2D eigenvalue weighted by molar-refractivity contribution is 5.98. The quantitative estimate of drug-likeness (QED) is 0.873. The van der Waals surface area contributed by atoms with Gasteiger partial charge in [-0.3, -0.25) is 4.79 Å². The molecule has 0 bridgehead atoms. The minimum atomic E-state index is 0. The molecule has 0 atom stereocenters. The fourth-order valence-corrected chi connectivity index (χ4v) is 2.35. The Balaban J connectivity index is 0.00000147. The number of fused-ring (bicyclic) bond motifs is 1. The number of piperazine rings is 1. The van der Waals surface area contributed by atoms with E-state index in [-0.39, 0.29) is 18.3 Å². The normalized spacial score (nSPS) is 14.8. The number of rotatable bonds is 1. The fraction of sp³-hybridized carbons (Fsp3) is 0.200. The van der Waals surface area contributed by atoms with Crippen LogP contribution in [-0.4, -0.2) is 25.5 Å². The average molecular weight is 288 g/mol. The lowest BCUT2D eigenvalue weighted by Gasteiger charge is -2.27. The van der Waals surface area contributed by atoms with Crippen LogP contribution in [0.3, 0.4) is 0 Å². The van der Waals surface area contributed by atoms with E-state index < -0.39 is 0 Å². The van der Waals surface area contributed by atoms with E-state index in [2.05, 4.69) is 11.4 Å². The Bertz CT molecular complexity index is 693. The highest BCUT2D eigenvalue weighted by Crippen LogP contribution is 2.23. The Kier molecular flexibility index (Phi) is 4.23. The fourth-order valence-electron chi connectivity index (χ4n) is 2.35. The number of nitrogens with zero attached hydrogens (tertiary/aromatic N) is 2. The average Bonchev–Trinajstić information content (AvgIpc) is 2.46. The Morgan fingerprint density at radius 2 is 1.90 bits per heavy atom. The molecule has 2 aromatic carbocycles. The second-order valence-corrected chi connectivity index (χ2v) is 4.58. The number of benzene rings is 2. The standard InChI is InChI=1S/C15H13N3O.ClH/c16-9-11-1-2-13-8-14(4-3-12(13)7-11)18-6-5-17-10-15(18)19;/h1-4,7-8,17H,5-6,10H2;1H. The van der Waals surface area contributed by atoms with Crippen LogP contribution >= 0.6 is 12.4 Å². The molecule has 1 amide bonds. The Morgan fingerprint density at radius 3 is 2.65 bits per heavy atom.